The van der Waals surface area contributed by atoms with Gasteiger partial charge in [-0.3, -0.25) is 10.1 Å². The molecule has 0 aromatic heterocycles. The van der Waals surface area contributed by atoms with Gasteiger partial charge < -0.3 is 10.2 Å². The summed E-state index contributed by atoms with van der Waals surface area (Å²) in [6.07, 6.45) is 2.64. The van der Waals surface area contributed by atoms with E-state index < -0.39 is 14.9 Å². The second kappa shape index (κ2) is 7.24. The summed E-state index contributed by atoms with van der Waals surface area (Å²) in [5, 5.41) is 19.8. The number of primary sulfonamides is 1. The van der Waals surface area contributed by atoms with Crippen molar-refractivity contribution in [3.05, 3.63) is 28.3 Å². The molecule has 0 radical (unpaired) electrons. The number of anilines is 1. The number of nitro groups is 1. The number of hydrogen-bond acceptors (Lipinski definition) is 6. The number of nitro benzene ring substituents is 1. The summed E-state index contributed by atoms with van der Waals surface area (Å²) < 4.78 is 22.9. The molecule has 2 rings (SSSR count). The Bertz CT molecular complexity index is 671. The quantitative estimate of drug-likeness (QED) is 0.592. The second-order valence-corrected chi connectivity index (χ2v) is 7.19. The Balaban J connectivity index is 2.47. The Morgan fingerprint density at radius 3 is 2.57 bits per heavy atom. The molecule has 1 aromatic rings. The van der Waals surface area contributed by atoms with Crippen LogP contribution in [-0.4, -0.2) is 39.0 Å². The highest BCUT2D eigenvalue weighted by molar-refractivity contribution is 7.89. The van der Waals surface area contributed by atoms with Crippen LogP contribution in [0.1, 0.15) is 26.2 Å². The standard InChI is InChI=1S/C14H22N4O4S/c1-2-9-17(11-5-7-16-8-6-11)13-4-3-12(23(15,21)22)10-14(13)18(19)20/h3-4,10-11,16H,2,5-9H2,1H3,(H2,15,21,22). The number of nitrogens with one attached hydrogen (secondary N) is 1. The molecule has 0 aliphatic carbocycles. The molecule has 0 saturated carbocycles. The summed E-state index contributed by atoms with van der Waals surface area (Å²) in [6.45, 7) is 4.43. The lowest BCUT2D eigenvalue weighted by Crippen LogP contribution is -2.43. The summed E-state index contributed by atoms with van der Waals surface area (Å²) >= 11 is 0. The topological polar surface area (TPSA) is 119 Å². The number of nitrogens with zero attached hydrogens (tertiary/aromatic N) is 2. The molecule has 0 bridgehead atoms. The molecule has 9 heteroatoms. The molecule has 1 fully saturated rings. The van der Waals surface area contributed by atoms with Gasteiger partial charge in [-0.25, -0.2) is 13.6 Å². The lowest BCUT2D eigenvalue weighted by Gasteiger charge is -2.36. The van der Waals surface area contributed by atoms with Gasteiger partial charge in [0.25, 0.3) is 5.69 Å². The van der Waals surface area contributed by atoms with Crippen LogP contribution < -0.4 is 15.4 Å². The van der Waals surface area contributed by atoms with Crippen LogP contribution in [0.25, 0.3) is 0 Å². The van der Waals surface area contributed by atoms with Crippen molar-refractivity contribution in [1.82, 2.24) is 5.32 Å². The van der Waals surface area contributed by atoms with Crippen molar-refractivity contribution in [1.29, 1.82) is 0 Å². The van der Waals surface area contributed by atoms with Gasteiger partial charge in [-0.05, 0) is 44.5 Å². The molecule has 0 unspecified atom stereocenters. The lowest BCUT2D eigenvalue weighted by atomic mass is 10.0. The van der Waals surface area contributed by atoms with E-state index in [9.17, 15) is 18.5 Å². The first-order valence-electron chi connectivity index (χ1n) is 7.63. The number of benzene rings is 1. The average Bonchev–Trinajstić information content (AvgIpc) is 2.52. The van der Waals surface area contributed by atoms with Crippen LogP contribution in [0.5, 0.6) is 0 Å². The maximum absolute atomic E-state index is 11.4. The van der Waals surface area contributed by atoms with Gasteiger partial charge in [0.1, 0.15) is 5.69 Å². The Hall–Kier alpha value is -1.71. The smallest absolute Gasteiger partial charge is 0.293 e. The number of rotatable bonds is 6. The van der Waals surface area contributed by atoms with Gasteiger partial charge in [0.2, 0.25) is 10.0 Å². The predicted octanol–water partition coefficient (Wildman–Crippen LogP) is 1.21. The summed E-state index contributed by atoms with van der Waals surface area (Å²) in [5.41, 5.74) is 0.236. The van der Waals surface area contributed by atoms with Crippen molar-refractivity contribution in [2.75, 3.05) is 24.5 Å². The van der Waals surface area contributed by atoms with E-state index in [2.05, 4.69) is 5.32 Å². The van der Waals surface area contributed by atoms with Gasteiger partial charge in [-0.1, -0.05) is 6.92 Å². The first-order chi connectivity index (χ1) is 10.8. The van der Waals surface area contributed by atoms with Gasteiger partial charge in [0.15, 0.2) is 0 Å². The number of hydrogen-bond donors (Lipinski definition) is 2. The molecule has 23 heavy (non-hydrogen) atoms. The van der Waals surface area contributed by atoms with Crippen LogP contribution in [0, 0.1) is 10.1 Å². The van der Waals surface area contributed by atoms with E-state index in [4.69, 9.17) is 5.14 Å². The molecule has 1 aromatic carbocycles. The molecule has 8 nitrogen and oxygen atoms in total. The molecule has 1 aliphatic rings. The van der Waals surface area contributed by atoms with Crippen molar-refractivity contribution in [2.45, 2.75) is 37.1 Å². The maximum Gasteiger partial charge on any atom is 0.293 e. The van der Waals surface area contributed by atoms with E-state index in [1.807, 2.05) is 11.8 Å². The van der Waals surface area contributed by atoms with E-state index in [0.717, 1.165) is 38.4 Å². The highest BCUT2D eigenvalue weighted by Crippen LogP contribution is 2.33. The summed E-state index contributed by atoms with van der Waals surface area (Å²) in [5.74, 6) is 0. The monoisotopic (exact) mass is 342 g/mol. The normalized spacial score (nSPS) is 16.3. The fraction of sp³-hybridized carbons (Fsp3) is 0.571. The minimum Gasteiger partial charge on any atom is -0.363 e. The first-order valence-corrected chi connectivity index (χ1v) is 9.18. The van der Waals surface area contributed by atoms with Crippen LogP contribution in [0.4, 0.5) is 11.4 Å². The summed E-state index contributed by atoms with van der Waals surface area (Å²) in [4.78, 5) is 12.7. The molecular weight excluding hydrogens is 320 g/mol. The Morgan fingerprint density at radius 2 is 2.04 bits per heavy atom. The minimum absolute atomic E-state index is 0.204. The van der Waals surface area contributed by atoms with E-state index in [-0.39, 0.29) is 16.6 Å². The number of sulfonamides is 1. The van der Waals surface area contributed by atoms with Crippen LogP contribution >= 0.6 is 0 Å². The fourth-order valence-corrected chi connectivity index (χ4v) is 3.46. The van der Waals surface area contributed by atoms with Crippen molar-refractivity contribution in [3.63, 3.8) is 0 Å². The van der Waals surface area contributed by atoms with Gasteiger partial charge >= 0.3 is 0 Å². The van der Waals surface area contributed by atoms with Gasteiger partial charge in [-0.15, -0.1) is 0 Å². The Morgan fingerprint density at radius 1 is 1.39 bits per heavy atom. The zero-order valence-electron chi connectivity index (χ0n) is 13.1. The van der Waals surface area contributed by atoms with Gasteiger partial charge in [-0.2, -0.15) is 0 Å². The number of nitrogens with two attached hydrogens (primary N) is 1. The Kier molecular flexibility index (Phi) is 5.55. The third-order valence-electron chi connectivity index (χ3n) is 4.00. The predicted molar refractivity (Wildman–Crippen MR) is 88.0 cm³/mol. The van der Waals surface area contributed by atoms with E-state index in [1.165, 1.54) is 12.1 Å². The third kappa shape index (κ3) is 4.18. The second-order valence-electron chi connectivity index (χ2n) is 5.63. The fourth-order valence-electron chi connectivity index (χ4n) is 2.93. The van der Waals surface area contributed by atoms with Crippen molar-refractivity contribution in [3.8, 4) is 0 Å². The molecule has 3 N–H and O–H groups in total. The van der Waals surface area contributed by atoms with Gasteiger partial charge in [0.05, 0.1) is 9.82 Å². The van der Waals surface area contributed by atoms with E-state index in [1.54, 1.807) is 0 Å². The number of piperidine rings is 1. The van der Waals surface area contributed by atoms with Crippen LogP contribution in [0.3, 0.4) is 0 Å². The van der Waals surface area contributed by atoms with Crippen LogP contribution in [0.2, 0.25) is 0 Å². The molecule has 0 amide bonds. The molecule has 128 valence electrons. The van der Waals surface area contributed by atoms with Crippen LogP contribution in [0.15, 0.2) is 23.1 Å². The van der Waals surface area contributed by atoms with Crippen LogP contribution in [-0.2, 0) is 10.0 Å². The lowest BCUT2D eigenvalue weighted by molar-refractivity contribution is -0.384. The Labute approximate surface area is 135 Å². The van der Waals surface area contributed by atoms with Gasteiger partial charge in [0, 0.05) is 18.7 Å². The minimum atomic E-state index is -3.97. The maximum atomic E-state index is 11.4. The largest absolute Gasteiger partial charge is 0.363 e. The molecule has 1 heterocycles. The van der Waals surface area contributed by atoms with Crippen molar-refractivity contribution < 1.29 is 13.3 Å². The summed E-state index contributed by atoms with van der Waals surface area (Å²) in [6, 6.07) is 4.08. The average molecular weight is 342 g/mol. The highest BCUT2D eigenvalue weighted by atomic mass is 32.2. The zero-order chi connectivity index (χ0) is 17.0. The van der Waals surface area contributed by atoms with E-state index >= 15 is 0 Å². The molecule has 0 atom stereocenters. The SMILES string of the molecule is CCCN(c1ccc(S(N)(=O)=O)cc1[N+](=O)[O-])C1CCNCC1. The molecule has 1 saturated heterocycles. The molecule has 0 spiro atoms. The highest BCUT2D eigenvalue weighted by Gasteiger charge is 2.28. The first kappa shape index (κ1) is 17.6. The van der Waals surface area contributed by atoms with Crippen molar-refractivity contribution >= 4 is 21.4 Å². The summed E-state index contributed by atoms with van der Waals surface area (Å²) in [7, 11) is -3.97. The van der Waals surface area contributed by atoms with Crippen molar-refractivity contribution in [2.24, 2.45) is 5.14 Å². The molecule has 1 aliphatic heterocycles. The molecular formula is C14H22N4O4S. The zero-order valence-corrected chi connectivity index (χ0v) is 13.9. The van der Waals surface area contributed by atoms with E-state index in [0.29, 0.717) is 12.2 Å². The third-order valence-corrected chi connectivity index (χ3v) is 4.91.